The fourth-order valence-electron chi connectivity index (χ4n) is 4.86. The molecule has 2 aromatic rings. The normalized spacial score (nSPS) is 32.1. The summed E-state index contributed by atoms with van der Waals surface area (Å²) in [5, 5.41) is 0. The van der Waals surface area contributed by atoms with E-state index in [-0.39, 0.29) is 16.9 Å². The van der Waals surface area contributed by atoms with Crippen molar-refractivity contribution in [1.82, 2.24) is 0 Å². The molecule has 1 saturated carbocycles. The molecule has 0 aliphatic heterocycles. The van der Waals surface area contributed by atoms with Crippen molar-refractivity contribution in [3.05, 3.63) is 71.3 Å². The van der Waals surface area contributed by atoms with Gasteiger partial charge in [-0.15, -0.1) is 0 Å². The van der Waals surface area contributed by atoms with E-state index in [2.05, 4.69) is 68.4 Å². The molecule has 0 amide bonds. The molecule has 0 heterocycles. The molecule has 0 spiro atoms. The highest BCUT2D eigenvalue weighted by molar-refractivity contribution is 5.53. The van der Waals surface area contributed by atoms with E-state index in [1.165, 1.54) is 23.1 Å². The van der Waals surface area contributed by atoms with Crippen LogP contribution in [0.15, 0.2) is 54.6 Å². The molecule has 21 heavy (non-hydrogen) atoms. The number of ether oxygens (including phenoxy) is 1. The zero-order valence-corrected chi connectivity index (χ0v) is 13.0. The highest BCUT2D eigenvalue weighted by Gasteiger charge is 2.69. The van der Waals surface area contributed by atoms with E-state index >= 15 is 0 Å². The fraction of sp³-hybridized carbons (Fsp3) is 0.400. The number of fused-ring (bicyclic) bond motifs is 2. The summed E-state index contributed by atoms with van der Waals surface area (Å²) in [5.74, 6) is 0.592. The number of benzene rings is 2. The van der Waals surface area contributed by atoms with Gasteiger partial charge in [0.1, 0.15) is 0 Å². The number of methoxy groups -OCH3 is 1. The van der Waals surface area contributed by atoms with Crippen LogP contribution in [0.5, 0.6) is 0 Å². The third-order valence-electron chi connectivity index (χ3n) is 5.98. The lowest BCUT2D eigenvalue weighted by Crippen LogP contribution is -2.41. The van der Waals surface area contributed by atoms with Crippen molar-refractivity contribution in [1.29, 1.82) is 0 Å². The van der Waals surface area contributed by atoms with Gasteiger partial charge in [-0.1, -0.05) is 68.4 Å². The molecule has 1 nitrogen and oxygen atoms in total. The standard InChI is InChI=1S/C20H22O/c1-19(2)16-12-8-7-11-15(16)18(21-3)17-13-20(17,19)14-9-5-4-6-10-14/h4-12,17-18H,13H2,1-3H3. The summed E-state index contributed by atoms with van der Waals surface area (Å²) in [5.41, 5.74) is 4.68. The van der Waals surface area contributed by atoms with E-state index < -0.39 is 0 Å². The predicted octanol–water partition coefficient (Wildman–Crippen LogP) is 4.62. The van der Waals surface area contributed by atoms with Gasteiger partial charge in [-0.2, -0.15) is 0 Å². The van der Waals surface area contributed by atoms with Gasteiger partial charge in [0.2, 0.25) is 0 Å². The van der Waals surface area contributed by atoms with Crippen LogP contribution in [-0.2, 0) is 15.6 Å². The molecule has 0 aromatic heterocycles. The van der Waals surface area contributed by atoms with Crippen LogP contribution in [0.3, 0.4) is 0 Å². The summed E-state index contributed by atoms with van der Waals surface area (Å²) in [6, 6.07) is 19.9. The van der Waals surface area contributed by atoms with Gasteiger partial charge in [-0.3, -0.25) is 0 Å². The van der Waals surface area contributed by atoms with E-state index in [1.807, 2.05) is 7.11 Å². The van der Waals surface area contributed by atoms with Crippen LogP contribution >= 0.6 is 0 Å². The molecule has 0 saturated heterocycles. The maximum absolute atomic E-state index is 5.91. The Bertz CT molecular complexity index is 673. The summed E-state index contributed by atoms with van der Waals surface area (Å²) in [4.78, 5) is 0. The van der Waals surface area contributed by atoms with E-state index in [0.29, 0.717) is 5.92 Å². The third-order valence-corrected chi connectivity index (χ3v) is 5.98. The topological polar surface area (TPSA) is 9.23 Å². The lowest BCUT2D eigenvalue weighted by molar-refractivity contribution is 0.0599. The van der Waals surface area contributed by atoms with Crippen LogP contribution in [0.2, 0.25) is 0 Å². The second kappa shape index (κ2) is 4.20. The minimum Gasteiger partial charge on any atom is -0.376 e. The van der Waals surface area contributed by atoms with Crippen molar-refractivity contribution >= 4 is 0 Å². The molecule has 108 valence electrons. The van der Waals surface area contributed by atoms with Gasteiger partial charge in [0.05, 0.1) is 6.10 Å². The van der Waals surface area contributed by atoms with Gasteiger partial charge in [-0.05, 0) is 23.1 Å². The first-order chi connectivity index (χ1) is 10.1. The highest BCUT2D eigenvalue weighted by Crippen LogP contribution is 2.72. The van der Waals surface area contributed by atoms with Crippen LogP contribution in [0.25, 0.3) is 0 Å². The minimum absolute atomic E-state index is 0.143. The molecule has 1 fully saturated rings. The van der Waals surface area contributed by atoms with Crippen LogP contribution in [-0.4, -0.2) is 7.11 Å². The molecule has 3 unspecified atom stereocenters. The van der Waals surface area contributed by atoms with Crippen LogP contribution in [0.4, 0.5) is 0 Å². The van der Waals surface area contributed by atoms with Gasteiger partial charge in [0.15, 0.2) is 0 Å². The van der Waals surface area contributed by atoms with Gasteiger partial charge < -0.3 is 4.74 Å². The Hall–Kier alpha value is -1.60. The van der Waals surface area contributed by atoms with Crippen molar-refractivity contribution in [3.63, 3.8) is 0 Å². The molecular weight excluding hydrogens is 256 g/mol. The Morgan fingerprint density at radius 1 is 0.952 bits per heavy atom. The van der Waals surface area contributed by atoms with Gasteiger partial charge >= 0.3 is 0 Å². The molecular formula is C20H22O. The Balaban J connectivity index is 1.94. The fourth-order valence-corrected chi connectivity index (χ4v) is 4.86. The van der Waals surface area contributed by atoms with Crippen molar-refractivity contribution in [2.75, 3.05) is 7.11 Å². The first kappa shape index (κ1) is 13.1. The zero-order valence-electron chi connectivity index (χ0n) is 13.0. The first-order valence-electron chi connectivity index (χ1n) is 7.80. The lowest BCUT2D eigenvalue weighted by atomic mass is 9.61. The molecule has 3 atom stereocenters. The Kier molecular flexibility index (Phi) is 2.62. The summed E-state index contributed by atoms with van der Waals surface area (Å²) in [7, 11) is 1.86. The second-order valence-electron chi connectivity index (χ2n) is 7.02. The average molecular weight is 278 g/mol. The maximum atomic E-state index is 5.91. The summed E-state index contributed by atoms with van der Waals surface area (Å²) in [6.07, 6.45) is 1.45. The number of rotatable bonds is 2. The van der Waals surface area contributed by atoms with Gasteiger partial charge in [0.25, 0.3) is 0 Å². The smallest absolute Gasteiger partial charge is 0.0861 e. The number of hydrogen-bond acceptors (Lipinski definition) is 1. The van der Waals surface area contributed by atoms with E-state index in [4.69, 9.17) is 4.74 Å². The lowest BCUT2D eigenvalue weighted by Gasteiger charge is -2.44. The summed E-state index contributed by atoms with van der Waals surface area (Å²) < 4.78 is 5.91. The van der Waals surface area contributed by atoms with E-state index in [0.717, 1.165) is 0 Å². The minimum atomic E-state index is 0.143. The molecule has 2 aromatic carbocycles. The van der Waals surface area contributed by atoms with Crippen molar-refractivity contribution in [2.24, 2.45) is 5.92 Å². The van der Waals surface area contributed by atoms with Crippen LogP contribution in [0.1, 0.15) is 43.1 Å². The molecule has 0 N–H and O–H groups in total. The number of hydrogen-bond donors (Lipinski definition) is 0. The summed E-state index contributed by atoms with van der Waals surface area (Å²) >= 11 is 0. The quantitative estimate of drug-likeness (QED) is 0.778. The SMILES string of the molecule is COC1c2ccccc2C(C)(C)C2(c3ccccc3)CC12. The zero-order chi connectivity index (χ0) is 14.7. The average Bonchev–Trinajstić information content (AvgIpc) is 3.27. The predicted molar refractivity (Wildman–Crippen MR) is 85.4 cm³/mol. The molecule has 4 rings (SSSR count). The molecule has 0 bridgehead atoms. The van der Waals surface area contributed by atoms with Crippen molar-refractivity contribution < 1.29 is 4.74 Å². The maximum Gasteiger partial charge on any atom is 0.0861 e. The van der Waals surface area contributed by atoms with Gasteiger partial charge in [0, 0.05) is 23.9 Å². The molecule has 0 radical (unpaired) electrons. The molecule has 2 aliphatic rings. The van der Waals surface area contributed by atoms with Gasteiger partial charge in [-0.25, -0.2) is 0 Å². The van der Waals surface area contributed by atoms with Crippen LogP contribution < -0.4 is 0 Å². The van der Waals surface area contributed by atoms with E-state index in [1.54, 1.807) is 0 Å². The Morgan fingerprint density at radius 3 is 2.33 bits per heavy atom. The Morgan fingerprint density at radius 2 is 1.62 bits per heavy atom. The highest BCUT2D eigenvalue weighted by atomic mass is 16.5. The van der Waals surface area contributed by atoms with E-state index in [9.17, 15) is 0 Å². The monoisotopic (exact) mass is 278 g/mol. The summed E-state index contributed by atoms with van der Waals surface area (Å²) in [6.45, 7) is 4.81. The molecule has 2 aliphatic carbocycles. The third kappa shape index (κ3) is 1.50. The van der Waals surface area contributed by atoms with Crippen LogP contribution in [0, 0.1) is 5.92 Å². The second-order valence-corrected chi connectivity index (χ2v) is 7.02. The largest absolute Gasteiger partial charge is 0.376 e. The molecule has 1 heteroatoms. The Labute approximate surface area is 127 Å². The van der Waals surface area contributed by atoms with Crippen molar-refractivity contribution in [3.8, 4) is 0 Å². The first-order valence-corrected chi connectivity index (χ1v) is 7.80. The van der Waals surface area contributed by atoms with Crippen molar-refractivity contribution in [2.45, 2.75) is 37.2 Å².